The molecule has 0 aliphatic heterocycles. The van der Waals surface area contributed by atoms with Gasteiger partial charge in [0.2, 0.25) is 0 Å². The third-order valence-electron chi connectivity index (χ3n) is 9.08. The van der Waals surface area contributed by atoms with E-state index in [1.54, 1.807) is 20.8 Å². The minimum Gasteiger partial charge on any atom is -0.390 e. The Balaban J connectivity index is 1.92. The van der Waals surface area contributed by atoms with Gasteiger partial charge in [-0.15, -0.1) is 0 Å². The van der Waals surface area contributed by atoms with Gasteiger partial charge in [-0.2, -0.15) is 0 Å². The molecule has 4 saturated carbocycles. The van der Waals surface area contributed by atoms with E-state index in [0.717, 1.165) is 0 Å². The van der Waals surface area contributed by atoms with Crippen LogP contribution in [0.1, 0.15) is 53.4 Å². The number of hydrogen-bond donors (Lipinski definition) is 7. The molecule has 0 saturated heterocycles. The molecule has 4 aliphatic carbocycles. The fraction of sp³-hybridized carbons (Fsp3) is 1.00. The second-order valence-electron chi connectivity index (χ2n) is 10.9. The zero-order chi connectivity index (χ0) is 20.4. The molecule has 0 aromatic heterocycles. The lowest BCUT2D eigenvalue weighted by Crippen LogP contribution is -2.67. The summed E-state index contributed by atoms with van der Waals surface area (Å²) in [6, 6.07) is 0. The largest absolute Gasteiger partial charge is 0.390 e. The highest BCUT2D eigenvalue weighted by atomic mass is 16.4. The molecule has 7 heteroatoms. The number of rotatable bonds is 0. The monoisotopic (exact) mass is 386 g/mol. The number of hydrogen-bond acceptors (Lipinski definition) is 7. The molecule has 0 aromatic carbocycles. The fourth-order valence-corrected chi connectivity index (χ4v) is 7.83. The van der Waals surface area contributed by atoms with Crippen molar-refractivity contribution in [2.45, 2.75) is 94.1 Å². The van der Waals surface area contributed by atoms with E-state index in [1.165, 1.54) is 6.92 Å². The molecule has 7 N–H and O–H groups in total. The summed E-state index contributed by atoms with van der Waals surface area (Å²) in [5.74, 6) is -2.33. The van der Waals surface area contributed by atoms with Gasteiger partial charge in [-0.3, -0.25) is 0 Å². The Labute approximate surface area is 159 Å². The van der Waals surface area contributed by atoms with Crippen LogP contribution in [-0.2, 0) is 0 Å². The predicted molar refractivity (Wildman–Crippen MR) is 95.4 cm³/mol. The van der Waals surface area contributed by atoms with Crippen LogP contribution in [-0.4, -0.2) is 76.5 Å². The molecule has 0 amide bonds. The quantitative estimate of drug-likeness (QED) is 0.287. The van der Waals surface area contributed by atoms with Gasteiger partial charge in [-0.05, 0) is 44.4 Å². The topological polar surface area (TPSA) is 142 Å². The van der Waals surface area contributed by atoms with E-state index < -0.39 is 63.9 Å². The number of aliphatic hydroxyl groups excluding tert-OH is 3. The summed E-state index contributed by atoms with van der Waals surface area (Å²) >= 11 is 0. The minimum absolute atomic E-state index is 0.0608. The molecule has 0 unspecified atom stereocenters. The lowest BCUT2D eigenvalue weighted by Gasteiger charge is -2.55. The van der Waals surface area contributed by atoms with Crippen molar-refractivity contribution >= 4 is 0 Å². The van der Waals surface area contributed by atoms with E-state index in [9.17, 15) is 35.7 Å². The Morgan fingerprint density at radius 1 is 0.815 bits per heavy atom. The lowest BCUT2D eigenvalue weighted by molar-refractivity contribution is -0.253. The first-order chi connectivity index (χ1) is 12.1. The van der Waals surface area contributed by atoms with Gasteiger partial charge in [-0.1, -0.05) is 13.8 Å². The Kier molecular flexibility index (Phi) is 3.89. The third-order valence-corrected chi connectivity index (χ3v) is 9.08. The van der Waals surface area contributed by atoms with Crippen molar-refractivity contribution in [2.75, 3.05) is 0 Å². The van der Waals surface area contributed by atoms with Crippen LogP contribution in [0.3, 0.4) is 0 Å². The summed E-state index contributed by atoms with van der Waals surface area (Å²) in [5.41, 5.74) is -7.50. The summed E-state index contributed by atoms with van der Waals surface area (Å²) in [6.07, 6.45) is -3.19. The van der Waals surface area contributed by atoms with Gasteiger partial charge >= 0.3 is 0 Å². The molecule has 11 atom stereocenters. The van der Waals surface area contributed by atoms with Crippen LogP contribution in [0.15, 0.2) is 0 Å². The van der Waals surface area contributed by atoms with Crippen molar-refractivity contribution < 1.29 is 35.7 Å². The first-order valence-electron chi connectivity index (χ1n) is 10.1. The number of fused-ring (bicyclic) bond motifs is 1. The van der Waals surface area contributed by atoms with Gasteiger partial charge < -0.3 is 35.7 Å². The highest BCUT2D eigenvalue weighted by Crippen LogP contribution is 2.67. The van der Waals surface area contributed by atoms with Crippen molar-refractivity contribution in [3.63, 3.8) is 0 Å². The Bertz CT molecular complexity index is 646. The smallest absolute Gasteiger partial charge is 0.106 e. The summed E-state index contributed by atoms with van der Waals surface area (Å²) < 4.78 is 0. The van der Waals surface area contributed by atoms with E-state index >= 15 is 0 Å². The molecule has 4 aliphatic rings. The van der Waals surface area contributed by atoms with Gasteiger partial charge in [-0.25, -0.2) is 0 Å². The Morgan fingerprint density at radius 2 is 1.37 bits per heavy atom. The first kappa shape index (κ1) is 20.0. The van der Waals surface area contributed by atoms with Crippen LogP contribution in [0.4, 0.5) is 0 Å². The average molecular weight is 386 g/mol. The number of aliphatic hydroxyl groups is 7. The van der Waals surface area contributed by atoms with Crippen molar-refractivity contribution in [2.24, 2.45) is 29.1 Å². The predicted octanol–water partition coefficient (Wildman–Crippen LogP) is -0.861. The molecule has 0 spiro atoms. The van der Waals surface area contributed by atoms with E-state index in [0.29, 0.717) is 12.8 Å². The van der Waals surface area contributed by atoms with Gasteiger partial charge in [0.15, 0.2) is 0 Å². The van der Waals surface area contributed by atoms with Crippen LogP contribution >= 0.6 is 0 Å². The van der Waals surface area contributed by atoms with Crippen molar-refractivity contribution in [3.8, 4) is 0 Å². The summed E-state index contributed by atoms with van der Waals surface area (Å²) in [5, 5.41) is 78.3. The van der Waals surface area contributed by atoms with Gasteiger partial charge in [0.1, 0.15) is 5.60 Å². The van der Waals surface area contributed by atoms with E-state index in [4.69, 9.17) is 0 Å². The molecule has 4 rings (SSSR count). The van der Waals surface area contributed by atoms with Crippen LogP contribution in [0.25, 0.3) is 0 Å². The molecular weight excluding hydrogens is 352 g/mol. The summed E-state index contributed by atoms with van der Waals surface area (Å²) in [6.45, 7) is 6.33. The maximum absolute atomic E-state index is 11.7. The normalized spacial score (nSPS) is 64.8. The molecule has 27 heavy (non-hydrogen) atoms. The highest BCUT2D eigenvalue weighted by molar-refractivity contribution is 5.26. The molecule has 0 aromatic rings. The maximum Gasteiger partial charge on any atom is 0.106 e. The SMILES string of the molecule is CC1(C)[C@@H](O)[C@H](O)[C@H]2[C@](C)(O)[C@@H]3CC[C@@H]4[C@H]3[C@](O)(C[C@@H](O)[C@@]21O)C[C@@]4(C)O. The molecular formula is C20H34O7. The highest BCUT2D eigenvalue weighted by Gasteiger charge is 2.77. The summed E-state index contributed by atoms with van der Waals surface area (Å²) in [7, 11) is 0. The fourth-order valence-electron chi connectivity index (χ4n) is 7.83. The Hall–Kier alpha value is -0.280. The van der Waals surface area contributed by atoms with E-state index in [2.05, 4.69) is 0 Å². The van der Waals surface area contributed by atoms with Crippen molar-refractivity contribution in [1.29, 1.82) is 0 Å². The lowest BCUT2D eigenvalue weighted by atomic mass is 9.56. The third kappa shape index (κ3) is 2.11. The van der Waals surface area contributed by atoms with Crippen LogP contribution in [0.5, 0.6) is 0 Å². The minimum atomic E-state index is -2.00. The second kappa shape index (κ2) is 5.25. The second-order valence-corrected chi connectivity index (χ2v) is 10.9. The van der Waals surface area contributed by atoms with Gasteiger partial charge in [0.25, 0.3) is 0 Å². The van der Waals surface area contributed by atoms with E-state index in [1.807, 2.05) is 0 Å². The molecule has 0 bridgehead atoms. The first-order valence-corrected chi connectivity index (χ1v) is 10.1. The molecule has 156 valence electrons. The zero-order valence-corrected chi connectivity index (χ0v) is 16.5. The van der Waals surface area contributed by atoms with Crippen LogP contribution < -0.4 is 0 Å². The van der Waals surface area contributed by atoms with Crippen LogP contribution in [0, 0.1) is 29.1 Å². The standard InChI is InChI=1S/C20H34O7/c1-16(2)15(23)13(22)14-18(4,25)10-6-5-9-12(10)19(26,8-17(9,3)24)7-11(21)20(14,16)27/h9-15,21-27H,5-8H2,1-4H3/t9-,10-,11-,12-,13-,14+,15+,17-,18-,19+,20-/m1/s1. The van der Waals surface area contributed by atoms with Crippen LogP contribution in [0.2, 0.25) is 0 Å². The molecule has 7 nitrogen and oxygen atoms in total. The molecule has 0 heterocycles. The molecule has 4 fully saturated rings. The molecule has 0 radical (unpaired) electrons. The van der Waals surface area contributed by atoms with Crippen molar-refractivity contribution in [3.05, 3.63) is 0 Å². The Morgan fingerprint density at radius 3 is 1.96 bits per heavy atom. The summed E-state index contributed by atoms with van der Waals surface area (Å²) in [4.78, 5) is 0. The van der Waals surface area contributed by atoms with Gasteiger partial charge in [0.05, 0.1) is 35.1 Å². The van der Waals surface area contributed by atoms with E-state index in [-0.39, 0.29) is 18.8 Å². The van der Waals surface area contributed by atoms with Crippen molar-refractivity contribution in [1.82, 2.24) is 0 Å². The zero-order valence-electron chi connectivity index (χ0n) is 16.5. The average Bonchev–Trinajstić information content (AvgIpc) is 3.09. The maximum atomic E-state index is 11.7. The van der Waals surface area contributed by atoms with Gasteiger partial charge in [0, 0.05) is 24.2 Å².